The molecule has 0 radical (unpaired) electrons. The van der Waals surface area contributed by atoms with Crippen LogP contribution < -0.4 is 5.43 Å². The van der Waals surface area contributed by atoms with Gasteiger partial charge in [-0.1, -0.05) is 54.1 Å². The number of carbonyl (C=O) groups is 1. The third-order valence-corrected chi connectivity index (χ3v) is 4.26. The average molecular weight is 364 g/mol. The van der Waals surface area contributed by atoms with Crippen molar-refractivity contribution >= 4 is 34.6 Å². The van der Waals surface area contributed by atoms with Crippen molar-refractivity contribution < 1.29 is 4.79 Å². The number of carbonyl (C=O) groups excluding carboxylic acids is 1. The number of fused-ring (bicyclic) bond motifs is 1. The van der Waals surface area contributed by atoms with Crippen LogP contribution in [-0.4, -0.2) is 27.1 Å². The molecule has 0 aliphatic heterocycles. The van der Waals surface area contributed by atoms with Gasteiger partial charge in [-0.3, -0.25) is 4.79 Å². The number of halogens is 1. The number of aromatic amines is 2. The first-order valence-corrected chi connectivity index (χ1v) is 8.30. The van der Waals surface area contributed by atoms with Crippen molar-refractivity contribution in [2.24, 2.45) is 5.10 Å². The molecule has 6 nitrogen and oxygen atoms in total. The summed E-state index contributed by atoms with van der Waals surface area (Å²) in [6, 6.07) is 15.3. The summed E-state index contributed by atoms with van der Waals surface area (Å²) in [6.45, 7) is 0. The van der Waals surface area contributed by atoms with Gasteiger partial charge in [0.2, 0.25) is 0 Å². The molecule has 26 heavy (non-hydrogen) atoms. The summed E-state index contributed by atoms with van der Waals surface area (Å²) in [5.41, 5.74) is 5.34. The molecule has 7 heteroatoms. The summed E-state index contributed by atoms with van der Waals surface area (Å²) < 4.78 is 0. The lowest BCUT2D eigenvalue weighted by Crippen LogP contribution is -2.19. The predicted molar refractivity (Wildman–Crippen MR) is 102 cm³/mol. The number of amides is 1. The van der Waals surface area contributed by atoms with Gasteiger partial charge in [0, 0.05) is 23.3 Å². The molecular weight excluding hydrogens is 350 g/mol. The molecular formula is C19H14ClN5O. The van der Waals surface area contributed by atoms with Crippen molar-refractivity contribution in [1.29, 1.82) is 0 Å². The van der Waals surface area contributed by atoms with Crippen molar-refractivity contribution in [1.82, 2.24) is 20.4 Å². The van der Waals surface area contributed by atoms with E-state index in [1.807, 2.05) is 42.5 Å². The van der Waals surface area contributed by atoms with Crippen LogP contribution in [0.2, 0.25) is 5.02 Å². The Balaban J connectivity index is 1.76. The van der Waals surface area contributed by atoms with Crippen LogP contribution >= 0.6 is 11.6 Å². The maximum absolute atomic E-state index is 12.7. The molecule has 0 spiro atoms. The molecule has 2 aromatic carbocycles. The number of benzene rings is 2. The minimum atomic E-state index is -0.362. The Kier molecular flexibility index (Phi) is 4.25. The predicted octanol–water partition coefficient (Wildman–Crippen LogP) is 3.98. The molecule has 128 valence electrons. The van der Waals surface area contributed by atoms with Gasteiger partial charge in [0.1, 0.15) is 11.5 Å². The molecule has 3 N–H and O–H groups in total. The molecule has 0 aliphatic carbocycles. The van der Waals surface area contributed by atoms with Crippen LogP contribution in [0.1, 0.15) is 16.3 Å². The zero-order valence-electron chi connectivity index (χ0n) is 13.5. The van der Waals surface area contributed by atoms with Crippen LogP contribution in [0.25, 0.3) is 22.0 Å². The summed E-state index contributed by atoms with van der Waals surface area (Å²) in [4.78, 5) is 22.7. The average Bonchev–Trinajstić information content (AvgIpc) is 3.30. The van der Waals surface area contributed by atoms with Crippen LogP contribution in [0.15, 0.2) is 66.0 Å². The Labute approximate surface area is 153 Å². The third kappa shape index (κ3) is 2.98. The lowest BCUT2D eigenvalue weighted by molar-refractivity contribution is 0.0951. The van der Waals surface area contributed by atoms with Gasteiger partial charge in [-0.05, 0) is 11.6 Å². The fourth-order valence-corrected chi connectivity index (χ4v) is 3.03. The minimum Gasteiger partial charge on any atom is -0.349 e. The van der Waals surface area contributed by atoms with Gasteiger partial charge < -0.3 is 9.97 Å². The van der Waals surface area contributed by atoms with E-state index >= 15 is 0 Å². The van der Waals surface area contributed by atoms with Crippen molar-refractivity contribution in [2.75, 3.05) is 0 Å². The summed E-state index contributed by atoms with van der Waals surface area (Å²) in [7, 11) is 0. The maximum Gasteiger partial charge on any atom is 0.288 e. The summed E-state index contributed by atoms with van der Waals surface area (Å²) in [6.07, 6.45) is 4.72. The fraction of sp³-hybridized carbons (Fsp3) is 0. The summed E-state index contributed by atoms with van der Waals surface area (Å²) in [5, 5.41) is 5.38. The van der Waals surface area contributed by atoms with E-state index in [0.717, 1.165) is 16.5 Å². The number of para-hydroxylation sites is 1. The Bertz CT molecular complexity index is 1080. The molecule has 1 amide bonds. The van der Waals surface area contributed by atoms with E-state index in [1.165, 1.54) is 6.21 Å². The minimum absolute atomic E-state index is 0.362. The van der Waals surface area contributed by atoms with E-state index < -0.39 is 0 Å². The Morgan fingerprint density at radius 3 is 2.77 bits per heavy atom. The summed E-state index contributed by atoms with van der Waals surface area (Å²) in [5.74, 6) is 0.187. The molecule has 0 bridgehead atoms. The van der Waals surface area contributed by atoms with Gasteiger partial charge in [0.25, 0.3) is 5.91 Å². The SMILES string of the molecule is O=C(NN=Cc1ncc[nH]1)c1[nH]c2c(Cl)cccc2c1-c1ccccc1. The first-order chi connectivity index (χ1) is 12.7. The first kappa shape index (κ1) is 16.1. The normalized spacial score (nSPS) is 11.3. The van der Waals surface area contributed by atoms with Crippen molar-refractivity contribution in [2.45, 2.75) is 0 Å². The van der Waals surface area contributed by atoms with Crippen LogP contribution in [0.4, 0.5) is 0 Å². The Morgan fingerprint density at radius 2 is 2.00 bits per heavy atom. The lowest BCUT2D eigenvalue weighted by atomic mass is 10.0. The Hall–Kier alpha value is -3.38. The largest absolute Gasteiger partial charge is 0.349 e. The number of hydrazone groups is 1. The van der Waals surface area contributed by atoms with Crippen LogP contribution in [-0.2, 0) is 0 Å². The number of nitrogens with one attached hydrogen (secondary N) is 3. The topological polar surface area (TPSA) is 85.9 Å². The highest BCUT2D eigenvalue weighted by molar-refractivity contribution is 6.36. The number of nitrogens with zero attached hydrogens (tertiary/aromatic N) is 2. The van der Waals surface area contributed by atoms with Crippen LogP contribution in [0.3, 0.4) is 0 Å². The van der Waals surface area contributed by atoms with Gasteiger partial charge in [0.05, 0.1) is 16.8 Å². The van der Waals surface area contributed by atoms with Gasteiger partial charge in [-0.15, -0.1) is 0 Å². The number of hydrogen-bond acceptors (Lipinski definition) is 3. The highest BCUT2D eigenvalue weighted by Gasteiger charge is 2.20. The summed E-state index contributed by atoms with van der Waals surface area (Å²) >= 11 is 6.30. The number of rotatable bonds is 4. The smallest absolute Gasteiger partial charge is 0.288 e. The van der Waals surface area contributed by atoms with Crippen LogP contribution in [0, 0.1) is 0 Å². The molecule has 2 heterocycles. The number of hydrogen-bond donors (Lipinski definition) is 3. The molecule has 0 saturated carbocycles. The zero-order valence-corrected chi connectivity index (χ0v) is 14.3. The van der Waals surface area contributed by atoms with E-state index in [9.17, 15) is 4.79 Å². The first-order valence-electron chi connectivity index (χ1n) is 7.92. The van der Waals surface area contributed by atoms with Crippen molar-refractivity contribution in [3.05, 3.63) is 77.5 Å². The van der Waals surface area contributed by atoms with E-state index in [4.69, 9.17) is 11.6 Å². The second-order valence-corrected chi connectivity index (χ2v) is 5.98. The Morgan fingerprint density at radius 1 is 1.15 bits per heavy atom. The lowest BCUT2D eigenvalue weighted by Gasteiger charge is -2.04. The van der Waals surface area contributed by atoms with Gasteiger partial charge in [-0.2, -0.15) is 5.10 Å². The van der Waals surface area contributed by atoms with E-state index in [-0.39, 0.29) is 5.91 Å². The molecule has 0 aliphatic rings. The van der Waals surface area contributed by atoms with E-state index in [1.54, 1.807) is 18.5 Å². The number of imidazole rings is 1. The molecule has 4 rings (SSSR count). The second kappa shape index (κ2) is 6.85. The highest BCUT2D eigenvalue weighted by atomic mass is 35.5. The second-order valence-electron chi connectivity index (χ2n) is 5.58. The van der Waals surface area contributed by atoms with Crippen molar-refractivity contribution in [3.63, 3.8) is 0 Å². The number of aromatic nitrogens is 3. The van der Waals surface area contributed by atoms with E-state index in [0.29, 0.717) is 22.1 Å². The maximum atomic E-state index is 12.7. The molecule has 0 fully saturated rings. The standard InChI is InChI=1S/C19H14ClN5O/c20-14-8-4-7-13-16(12-5-2-1-3-6-12)18(24-17(13)14)19(26)25-23-11-15-21-9-10-22-15/h1-11,24H,(H,21,22)(H,25,26). The van der Waals surface area contributed by atoms with Gasteiger partial charge in [0.15, 0.2) is 0 Å². The fourth-order valence-electron chi connectivity index (χ4n) is 2.81. The van der Waals surface area contributed by atoms with E-state index in [2.05, 4.69) is 25.5 Å². The molecule has 0 saturated heterocycles. The third-order valence-electron chi connectivity index (χ3n) is 3.94. The van der Waals surface area contributed by atoms with Gasteiger partial charge in [-0.25, -0.2) is 10.4 Å². The van der Waals surface area contributed by atoms with Crippen molar-refractivity contribution in [3.8, 4) is 11.1 Å². The highest BCUT2D eigenvalue weighted by Crippen LogP contribution is 2.35. The van der Waals surface area contributed by atoms with Crippen LogP contribution in [0.5, 0.6) is 0 Å². The monoisotopic (exact) mass is 363 g/mol. The quantitative estimate of drug-likeness (QED) is 0.378. The molecule has 2 aromatic heterocycles. The van der Waals surface area contributed by atoms with Gasteiger partial charge >= 0.3 is 0 Å². The zero-order chi connectivity index (χ0) is 17.9. The molecule has 0 atom stereocenters. The molecule has 0 unspecified atom stereocenters. The molecule has 4 aromatic rings. The number of H-pyrrole nitrogens is 2.